The average molecular weight is 240 g/mol. The van der Waals surface area contributed by atoms with Gasteiger partial charge in [-0.3, -0.25) is 4.79 Å². The van der Waals surface area contributed by atoms with Gasteiger partial charge in [0.1, 0.15) is 5.75 Å². The Hall–Kier alpha value is -2.13. The van der Waals surface area contributed by atoms with Gasteiger partial charge in [0.05, 0.1) is 5.56 Å². The molecule has 0 aromatic heterocycles. The van der Waals surface area contributed by atoms with Crippen molar-refractivity contribution < 1.29 is 14.6 Å². The maximum absolute atomic E-state index is 12.1. The number of aliphatic hydroxyl groups is 1. The number of ketones is 1. The molecule has 0 aliphatic carbocycles. The Morgan fingerprint density at radius 1 is 1.00 bits per heavy atom. The third-order valence-corrected chi connectivity index (χ3v) is 3.05. The van der Waals surface area contributed by atoms with Crippen molar-refractivity contribution in [2.24, 2.45) is 0 Å². The van der Waals surface area contributed by atoms with Crippen molar-refractivity contribution in [1.29, 1.82) is 0 Å². The molecular formula is C15H12O3. The molecule has 0 saturated heterocycles. The zero-order chi connectivity index (χ0) is 12.6. The third kappa shape index (κ3) is 1.69. The summed E-state index contributed by atoms with van der Waals surface area (Å²) in [6.45, 7) is 0. The molecule has 0 bridgehead atoms. The Morgan fingerprint density at radius 3 is 2.39 bits per heavy atom. The lowest BCUT2D eigenvalue weighted by molar-refractivity contribution is -0.0888. The summed E-state index contributed by atoms with van der Waals surface area (Å²) in [7, 11) is 0. The number of Topliss-reactive ketones (excluding diaryl/α,β-unsaturated/α-hetero) is 1. The Labute approximate surface area is 105 Å². The molecule has 1 N–H and O–H groups in total. The standard InChI is InChI=1S/C15H12O3/c16-14-12-8-4-5-9-13(12)18-15(14,17)10-11-6-2-1-3-7-11/h1-9,17H,10H2. The molecule has 1 aliphatic heterocycles. The highest BCUT2D eigenvalue weighted by Gasteiger charge is 2.46. The Kier molecular flexibility index (Phi) is 2.42. The fourth-order valence-electron chi connectivity index (χ4n) is 2.17. The zero-order valence-electron chi connectivity index (χ0n) is 9.67. The van der Waals surface area contributed by atoms with Gasteiger partial charge in [-0.1, -0.05) is 42.5 Å². The molecule has 2 aromatic carbocycles. The predicted molar refractivity (Wildman–Crippen MR) is 66.5 cm³/mol. The van der Waals surface area contributed by atoms with Crippen LogP contribution in [0.1, 0.15) is 15.9 Å². The van der Waals surface area contributed by atoms with Crippen molar-refractivity contribution >= 4 is 5.78 Å². The molecule has 1 atom stereocenters. The molecule has 0 fully saturated rings. The predicted octanol–water partition coefficient (Wildman–Crippen LogP) is 2.19. The highest BCUT2D eigenvalue weighted by molar-refractivity contribution is 6.06. The first-order valence-electron chi connectivity index (χ1n) is 5.78. The first-order chi connectivity index (χ1) is 8.69. The van der Waals surface area contributed by atoms with Crippen LogP contribution >= 0.6 is 0 Å². The summed E-state index contributed by atoms with van der Waals surface area (Å²) in [4.78, 5) is 12.1. The van der Waals surface area contributed by atoms with Crippen molar-refractivity contribution in [3.05, 3.63) is 65.7 Å². The van der Waals surface area contributed by atoms with E-state index in [1.165, 1.54) is 0 Å². The molecule has 2 aromatic rings. The molecule has 3 heteroatoms. The van der Waals surface area contributed by atoms with Gasteiger partial charge in [0.15, 0.2) is 0 Å². The van der Waals surface area contributed by atoms with E-state index < -0.39 is 5.79 Å². The Bertz CT molecular complexity index is 592. The monoisotopic (exact) mass is 240 g/mol. The Morgan fingerprint density at radius 2 is 1.67 bits per heavy atom. The minimum absolute atomic E-state index is 0.154. The van der Waals surface area contributed by atoms with Crippen LogP contribution in [0, 0.1) is 0 Å². The van der Waals surface area contributed by atoms with Gasteiger partial charge < -0.3 is 9.84 Å². The van der Waals surface area contributed by atoms with Crippen molar-refractivity contribution in [2.45, 2.75) is 12.2 Å². The van der Waals surface area contributed by atoms with Gasteiger partial charge in [-0.05, 0) is 17.7 Å². The fourth-order valence-corrected chi connectivity index (χ4v) is 2.17. The summed E-state index contributed by atoms with van der Waals surface area (Å²) in [6, 6.07) is 16.2. The molecular weight excluding hydrogens is 228 g/mol. The van der Waals surface area contributed by atoms with Gasteiger partial charge in [-0.25, -0.2) is 0 Å². The van der Waals surface area contributed by atoms with E-state index in [0.717, 1.165) is 5.56 Å². The van der Waals surface area contributed by atoms with E-state index in [4.69, 9.17) is 4.74 Å². The number of carbonyl (C=O) groups excluding carboxylic acids is 1. The molecule has 1 heterocycles. The number of carbonyl (C=O) groups is 1. The second kappa shape index (κ2) is 3.96. The quantitative estimate of drug-likeness (QED) is 0.875. The zero-order valence-corrected chi connectivity index (χ0v) is 9.67. The maximum atomic E-state index is 12.1. The van der Waals surface area contributed by atoms with Gasteiger partial charge in [-0.2, -0.15) is 0 Å². The van der Waals surface area contributed by atoms with Crippen LogP contribution in [0.2, 0.25) is 0 Å². The van der Waals surface area contributed by atoms with Crippen molar-refractivity contribution in [2.75, 3.05) is 0 Å². The van der Waals surface area contributed by atoms with Gasteiger partial charge in [0.25, 0.3) is 5.79 Å². The van der Waals surface area contributed by atoms with Gasteiger partial charge in [0.2, 0.25) is 5.78 Å². The normalized spacial score (nSPS) is 21.5. The van der Waals surface area contributed by atoms with Crippen LogP contribution in [0.25, 0.3) is 0 Å². The molecule has 1 unspecified atom stereocenters. The van der Waals surface area contributed by atoms with Crippen LogP contribution in [-0.4, -0.2) is 16.7 Å². The number of hydrogen-bond donors (Lipinski definition) is 1. The molecule has 3 nitrogen and oxygen atoms in total. The van der Waals surface area contributed by atoms with Crippen molar-refractivity contribution in [3.8, 4) is 5.75 Å². The van der Waals surface area contributed by atoms with Crippen LogP contribution in [-0.2, 0) is 6.42 Å². The largest absolute Gasteiger partial charge is 0.453 e. The second-order valence-electron chi connectivity index (χ2n) is 4.37. The van der Waals surface area contributed by atoms with E-state index in [0.29, 0.717) is 11.3 Å². The lowest BCUT2D eigenvalue weighted by atomic mass is 9.99. The fraction of sp³-hybridized carbons (Fsp3) is 0.133. The number of ether oxygens (including phenoxy) is 1. The van der Waals surface area contributed by atoms with Crippen LogP contribution in [0.3, 0.4) is 0 Å². The van der Waals surface area contributed by atoms with Crippen LogP contribution in [0.4, 0.5) is 0 Å². The number of rotatable bonds is 2. The average Bonchev–Trinajstić information content (AvgIpc) is 2.63. The topological polar surface area (TPSA) is 46.5 Å². The molecule has 90 valence electrons. The summed E-state index contributed by atoms with van der Waals surface area (Å²) >= 11 is 0. The van der Waals surface area contributed by atoms with E-state index in [1.54, 1.807) is 24.3 Å². The lowest BCUT2D eigenvalue weighted by Gasteiger charge is -2.20. The van der Waals surface area contributed by atoms with E-state index >= 15 is 0 Å². The third-order valence-electron chi connectivity index (χ3n) is 3.05. The van der Waals surface area contributed by atoms with Gasteiger partial charge >= 0.3 is 0 Å². The summed E-state index contributed by atoms with van der Waals surface area (Å²) in [6.07, 6.45) is 0.154. The minimum atomic E-state index is -1.77. The number of para-hydroxylation sites is 1. The first-order valence-corrected chi connectivity index (χ1v) is 5.78. The van der Waals surface area contributed by atoms with Crippen LogP contribution in [0.5, 0.6) is 5.75 Å². The molecule has 0 saturated carbocycles. The number of fused-ring (bicyclic) bond motifs is 1. The van der Waals surface area contributed by atoms with E-state index in [-0.39, 0.29) is 12.2 Å². The van der Waals surface area contributed by atoms with E-state index in [2.05, 4.69) is 0 Å². The molecule has 0 spiro atoms. The molecule has 18 heavy (non-hydrogen) atoms. The second-order valence-corrected chi connectivity index (χ2v) is 4.37. The highest BCUT2D eigenvalue weighted by Crippen LogP contribution is 2.35. The van der Waals surface area contributed by atoms with Gasteiger partial charge in [0, 0.05) is 6.42 Å². The Balaban J connectivity index is 1.93. The van der Waals surface area contributed by atoms with E-state index in [9.17, 15) is 9.90 Å². The molecule has 0 radical (unpaired) electrons. The minimum Gasteiger partial charge on any atom is -0.453 e. The number of benzene rings is 2. The SMILES string of the molecule is O=C1c2ccccc2OC1(O)Cc1ccccc1. The molecule has 0 amide bonds. The molecule has 3 rings (SSSR count). The van der Waals surface area contributed by atoms with Crippen LogP contribution < -0.4 is 4.74 Å². The van der Waals surface area contributed by atoms with E-state index in [1.807, 2.05) is 30.3 Å². The van der Waals surface area contributed by atoms with Crippen molar-refractivity contribution in [3.63, 3.8) is 0 Å². The summed E-state index contributed by atoms with van der Waals surface area (Å²) in [5.41, 5.74) is 1.30. The smallest absolute Gasteiger partial charge is 0.276 e. The maximum Gasteiger partial charge on any atom is 0.276 e. The summed E-state index contributed by atoms with van der Waals surface area (Å²) in [5, 5.41) is 10.4. The lowest BCUT2D eigenvalue weighted by Crippen LogP contribution is -2.42. The summed E-state index contributed by atoms with van der Waals surface area (Å²) in [5.74, 6) is -1.70. The summed E-state index contributed by atoms with van der Waals surface area (Å²) < 4.78 is 5.42. The number of hydrogen-bond acceptors (Lipinski definition) is 3. The van der Waals surface area contributed by atoms with Crippen LogP contribution in [0.15, 0.2) is 54.6 Å². The molecule has 1 aliphatic rings. The van der Waals surface area contributed by atoms with Gasteiger partial charge in [-0.15, -0.1) is 0 Å². The highest BCUT2D eigenvalue weighted by atomic mass is 16.6. The first kappa shape index (κ1) is 11.0. The van der Waals surface area contributed by atoms with Crippen molar-refractivity contribution in [1.82, 2.24) is 0 Å².